The Hall–Kier alpha value is -1.59. The Morgan fingerprint density at radius 3 is 0.891 bits per heavy atom. The molecule has 0 N–H and O–H groups in total. The van der Waals surface area contributed by atoms with Crippen molar-refractivity contribution >= 4 is 17.9 Å². The number of carbonyl (C=O) groups is 3. The van der Waals surface area contributed by atoms with Gasteiger partial charge in [0.05, 0.1) is 0 Å². The number of unbranched alkanes of at least 4 members (excludes halogenated alkanes) is 28. The predicted molar refractivity (Wildman–Crippen MR) is 233 cm³/mol. The van der Waals surface area contributed by atoms with E-state index in [0.717, 1.165) is 69.6 Å². The summed E-state index contributed by atoms with van der Waals surface area (Å²) in [6, 6.07) is 0. The first-order chi connectivity index (χ1) is 26.7. The second-order valence-corrected chi connectivity index (χ2v) is 17.7. The zero-order valence-corrected chi connectivity index (χ0v) is 37.6. The molecule has 0 spiro atoms. The SMILES string of the molecule is CCCCCCCCCCCC(=O)OC[C@@H](COC(=O)CCCCCCCCCCCCCCC(C)C)OC(=O)CCCCCCCCCCCCC(C)C. The number of hydrogen-bond donors (Lipinski definition) is 0. The third-order valence-corrected chi connectivity index (χ3v) is 11.0. The van der Waals surface area contributed by atoms with Gasteiger partial charge >= 0.3 is 17.9 Å². The van der Waals surface area contributed by atoms with E-state index in [1.54, 1.807) is 0 Å². The van der Waals surface area contributed by atoms with Gasteiger partial charge in [-0.25, -0.2) is 0 Å². The quantitative estimate of drug-likeness (QED) is 0.0348. The summed E-state index contributed by atoms with van der Waals surface area (Å²) in [5, 5.41) is 0. The van der Waals surface area contributed by atoms with E-state index in [1.165, 1.54) is 154 Å². The van der Waals surface area contributed by atoms with Gasteiger partial charge in [-0.15, -0.1) is 0 Å². The zero-order chi connectivity index (χ0) is 40.5. The first-order valence-electron chi connectivity index (χ1n) is 24.2. The predicted octanol–water partition coefficient (Wildman–Crippen LogP) is 15.4. The molecular weight excluding hydrogens is 685 g/mol. The van der Waals surface area contributed by atoms with E-state index >= 15 is 0 Å². The Balaban J connectivity index is 4.29. The van der Waals surface area contributed by atoms with E-state index in [9.17, 15) is 14.4 Å². The van der Waals surface area contributed by atoms with Crippen LogP contribution in [-0.4, -0.2) is 37.2 Å². The second-order valence-electron chi connectivity index (χ2n) is 17.7. The smallest absolute Gasteiger partial charge is 0.306 e. The van der Waals surface area contributed by atoms with Crippen molar-refractivity contribution in [3.05, 3.63) is 0 Å². The maximum Gasteiger partial charge on any atom is 0.306 e. The summed E-state index contributed by atoms with van der Waals surface area (Å²) in [4.78, 5) is 37.8. The standard InChI is InChI=1S/C49H94O6/c1-6-7-8-9-10-17-24-29-34-39-47(50)53-42-46(55-49(52)41-36-31-26-21-16-15-19-23-28-33-38-45(4)5)43-54-48(51)40-35-30-25-20-14-12-11-13-18-22-27-32-37-44(2)3/h44-46H,6-43H2,1-5H3/t46-/m0/s1. The fourth-order valence-corrected chi connectivity index (χ4v) is 7.28. The minimum Gasteiger partial charge on any atom is -0.462 e. The molecule has 1 atom stereocenters. The van der Waals surface area contributed by atoms with E-state index in [4.69, 9.17) is 14.2 Å². The lowest BCUT2D eigenvalue weighted by Crippen LogP contribution is -2.30. The van der Waals surface area contributed by atoms with Crippen LogP contribution in [0, 0.1) is 11.8 Å². The Labute approximate surface area is 342 Å². The van der Waals surface area contributed by atoms with E-state index in [-0.39, 0.29) is 31.1 Å². The average molecular weight is 779 g/mol. The lowest BCUT2D eigenvalue weighted by molar-refractivity contribution is -0.167. The summed E-state index contributed by atoms with van der Waals surface area (Å²) in [7, 11) is 0. The maximum atomic E-state index is 12.7. The fourth-order valence-electron chi connectivity index (χ4n) is 7.28. The Bertz CT molecular complexity index is 839. The summed E-state index contributed by atoms with van der Waals surface area (Å²) in [5.74, 6) is 0.795. The van der Waals surface area contributed by atoms with Gasteiger partial charge in [-0.2, -0.15) is 0 Å². The van der Waals surface area contributed by atoms with Crippen LogP contribution in [0.2, 0.25) is 0 Å². The van der Waals surface area contributed by atoms with E-state index in [2.05, 4.69) is 34.6 Å². The molecule has 0 aromatic heterocycles. The minimum atomic E-state index is -0.760. The first kappa shape index (κ1) is 53.4. The van der Waals surface area contributed by atoms with E-state index < -0.39 is 6.10 Å². The van der Waals surface area contributed by atoms with Crippen molar-refractivity contribution in [1.82, 2.24) is 0 Å². The summed E-state index contributed by atoms with van der Waals surface area (Å²) < 4.78 is 16.7. The first-order valence-corrected chi connectivity index (χ1v) is 24.2. The summed E-state index contributed by atoms with van der Waals surface area (Å²) in [6.45, 7) is 11.3. The molecule has 326 valence electrons. The van der Waals surface area contributed by atoms with Crippen molar-refractivity contribution in [3.63, 3.8) is 0 Å². The highest BCUT2D eigenvalue weighted by molar-refractivity contribution is 5.71. The number of ether oxygens (including phenoxy) is 3. The largest absolute Gasteiger partial charge is 0.462 e. The van der Waals surface area contributed by atoms with Crippen LogP contribution in [0.3, 0.4) is 0 Å². The van der Waals surface area contributed by atoms with Crippen LogP contribution in [0.1, 0.15) is 266 Å². The Morgan fingerprint density at radius 1 is 0.345 bits per heavy atom. The van der Waals surface area contributed by atoms with Crippen molar-refractivity contribution in [2.75, 3.05) is 13.2 Å². The van der Waals surface area contributed by atoms with Gasteiger partial charge in [-0.3, -0.25) is 14.4 Å². The van der Waals surface area contributed by atoms with Crippen molar-refractivity contribution in [3.8, 4) is 0 Å². The van der Waals surface area contributed by atoms with Gasteiger partial charge in [0, 0.05) is 19.3 Å². The van der Waals surface area contributed by atoms with Crippen molar-refractivity contribution in [2.45, 2.75) is 272 Å². The topological polar surface area (TPSA) is 78.9 Å². The molecule has 0 aromatic rings. The Morgan fingerprint density at radius 2 is 0.600 bits per heavy atom. The highest BCUT2D eigenvalue weighted by atomic mass is 16.6. The van der Waals surface area contributed by atoms with Gasteiger partial charge in [0.15, 0.2) is 6.10 Å². The van der Waals surface area contributed by atoms with Gasteiger partial charge in [0.2, 0.25) is 0 Å². The lowest BCUT2D eigenvalue weighted by Gasteiger charge is -2.18. The molecule has 0 bridgehead atoms. The van der Waals surface area contributed by atoms with Crippen LogP contribution in [0.25, 0.3) is 0 Å². The van der Waals surface area contributed by atoms with Crippen LogP contribution in [0.15, 0.2) is 0 Å². The van der Waals surface area contributed by atoms with Gasteiger partial charge < -0.3 is 14.2 Å². The molecule has 0 aliphatic rings. The van der Waals surface area contributed by atoms with Gasteiger partial charge in [-0.1, -0.05) is 227 Å². The van der Waals surface area contributed by atoms with Gasteiger partial charge in [0.25, 0.3) is 0 Å². The monoisotopic (exact) mass is 779 g/mol. The average Bonchev–Trinajstić information content (AvgIpc) is 3.15. The molecule has 0 rings (SSSR count). The van der Waals surface area contributed by atoms with Crippen molar-refractivity contribution in [2.24, 2.45) is 11.8 Å². The van der Waals surface area contributed by atoms with E-state index in [1.807, 2.05) is 0 Å². The van der Waals surface area contributed by atoms with Crippen LogP contribution in [0.5, 0.6) is 0 Å². The summed E-state index contributed by atoms with van der Waals surface area (Å²) in [6.07, 6.45) is 40.9. The van der Waals surface area contributed by atoms with Crippen molar-refractivity contribution in [1.29, 1.82) is 0 Å². The molecule has 0 aliphatic heterocycles. The molecule has 0 radical (unpaired) electrons. The lowest BCUT2D eigenvalue weighted by atomic mass is 10.0. The minimum absolute atomic E-state index is 0.0644. The highest BCUT2D eigenvalue weighted by Crippen LogP contribution is 2.17. The summed E-state index contributed by atoms with van der Waals surface area (Å²) >= 11 is 0. The van der Waals surface area contributed by atoms with Crippen LogP contribution in [-0.2, 0) is 28.6 Å². The number of carbonyl (C=O) groups excluding carboxylic acids is 3. The molecular formula is C49H94O6. The summed E-state index contributed by atoms with van der Waals surface area (Å²) in [5.41, 5.74) is 0. The molecule has 0 unspecified atom stereocenters. The molecule has 0 saturated carbocycles. The van der Waals surface area contributed by atoms with Gasteiger partial charge in [-0.05, 0) is 31.1 Å². The normalized spacial score (nSPS) is 12.1. The maximum absolute atomic E-state index is 12.7. The molecule has 0 aliphatic carbocycles. The number of hydrogen-bond acceptors (Lipinski definition) is 6. The number of rotatable bonds is 43. The van der Waals surface area contributed by atoms with Crippen LogP contribution >= 0.6 is 0 Å². The van der Waals surface area contributed by atoms with Crippen LogP contribution in [0.4, 0.5) is 0 Å². The third kappa shape index (κ3) is 43.4. The van der Waals surface area contributed by atoms with E-state index in [0.29, 0.717) is 19.3 Å². The molecule has 55 heavy (non-hydrogen) atoms. The fraction of sp³-hybridized carbons (Fsp3) is 0.939. The molecule has 0 heterocycles. The molecule has 0 aromatic carbocycles. The molecule has 6 nitrogen and oxygen atoms in total. The molecule has 6 heteroatoms. The zero-order valence-electron chi connectivity index (χ0n) is 37.6. The highest BCUT2D eigenvalue weighted by Gasteiger charge is 2.19. The van der Waals surface area contributed by atoms with Gasteiger partial charge in [0.1, 0.15) is 13.2 Å². The van der Waals surface area contributed by atoms with Crippen molar-refractivity contribution < 1.29 is 28.6 Å². The molecule has 0 saturated heterocycles. The Kier molecular flexibility index (Phi) is 40.8. The van der Waals surface area contributed by atoms with Crippen LogP contribution < -0.4 is 0 Å². The number of esters is 3. The second kappa shape index (κ2) is 42.0. The third-order valence-electron chi connectivity index (χ3n) is 11.0. The molecule has 0 amide bonds. The molecule has 0 fully saturated rings.